The first-order valence-electron chi connectivity index (χ1n) is 15.1. The molecule has 6 rings (SSSR count). The SMILES string of the molecule is Cc1cnc2c(OC(F)F)cc(C(=O)NC[C@](O)(c3cc(CC(N)=O)c(OCC(F)F)c(-c4ccc5c(c4)OC(F)(F)O5)n3)C3CC3)cc2c1. The van der Waals surface area contributed by atoms with Crippen molar-refractivity contribution >= 4 is 22.7 Å². The lowest BCUT2D eigenvalue weighted by atomic mass is 9.90. The molecule has 2 aromatic heterocycles. The number of pyridine rings is 2. The molecule has 11 nitrogen and oxygen atoms in total. The van der Waals surface area contributed by atoms with Crippen molar-refractivity contribution in [1.82, 2.24) is 15.3 Å². The Kier molecular flexibility index (Phi) is 9.11. The van der Waals surface area contributed by atoms with Crippen LogP contribution in [0.15, 0.2) is 48.7 Å². The first-order chi connectivity index (χ1) is 23.6. The number of nitrogens with two attached hydrogens (primary N) is 1. The van der Waals surface area contributed by atoms with Gasteiger partial charge in [-0.3, -0.25) is 14.6 Å². The number of aryl methyl sites for hydroxylation is 1. The first kappa shape index (κ1) is 34.5. The van der Waals surface area contributed by atoms with Crippen molar-refractivity contribution in [1.29, 1.82) is 0 Å². The van der Waals surface area contributed by atoms with Crippen LogP contribution in [0.2, 0.25) is 0 Å². The third kappa shape index (κ3) is 7.31. The number of amides is 2. The molecule has 50 heavy (non-hydrogen) atoms. The van der Waals surface area contributed by atoms with Gasteiger partial charge in [0.2, 0.25) is 5.91 Å². The maximum Gasteiger partial charge on any atom is 0.586 e. The van der Waals surface area contributed by atoms with E-state index in [1.807, 2.05) is 0 Å². The fourth-order valence-electron chi connectivity index (χ4n) is 5.69. The molecule has 4 aromatic rings. The van der Waals surface area contributed by atoms with Crippen molar-refractivity contribution in [3.8, 4) is 34.3 Å². The summed E-state index contributed by atoms with van der Waals surface area (Å²) < 4.78 is 99.6. The minimum absolute atomic E-state index is 0.00990. The highest BCUT2D eigenvalue weighted by molar-refractivity contribution is 6.00. The van der Waals surface area contributed by atoms with Crippen LogP contribution in [0.4, 0.5) is 26.3 Å². The standard InChI is InChI=1S/C33H28F6N4O7/c1-15-6-17-7-19(9-23(48-31(36)37)27(17)41-12-15)30(45)42-14-32(46,20-3-4-20)24-10-18(11-26(40)44)29(47-13-25(34)35)28(43-24)16-2-5-21-22(8-16)50-33(38,39)49-21/h2,5-10,12,20,25,31,46H,3-4,11,13-14H2,1H3,(H2,40,44)(H,42,45)/t32-/m1/s1. The number of aromatic nitrogens is 2. The summed E-state index contributed by atoms with van der Waals surface area (Å²) in [6.45, 7) is -3.11. The van der Waals surface area contributed by atoms with Crippen molar-refractivity contribution in [2.75, 3.05) is 13.2 Å². The van der Waals surface area contributed by atoms with Gasteiger partial charge in [0.15, 0.2) is 17.2 Å². The number of nitrogens with one attached hydrogen (secondary N) is 1. The molecule has 1 saturated carbocycles. The van der Waals surface area contributed by atoms with Crippen molar-refractivity contribution < 1.29 is 60.0 Å². The van der Waals surface area contributed by atoms with E-state index in [1.54, 1.807) is 13.0 Å². The van der Waals surface area contributed by atoms with Gasteiger partial charge in [0.1, 0.15) is 29.2 Å². The van der Waals surface area contributed by atoms with E-state index in [9.17, 15) is 41.0 Å². The number of hydrogen-bond acceptors (Lipinski definition) is 9. The number of benzene rings is 2. The molecule has 1 aliphatic heterocycles. The largest absolute Gasteiger partial charge is 0.586 e. The number of nitrogens with zero attached hydrogens (tertiary/aromatic N) is 2. The number of fused-ring (bicyclic) bond motifs is 2. The van der Waals surface area contributed by atoms with E-state index >= 15 is 0 Å². The zero-order chi connectivity index (χ0) is 36.0. The Morgan fingerprint density at radius 1 is 1.10 bits per heavy atom. The second-order valence-electron chi connectivity index (χ2n) is 11.8. The van der Waals surface area contributed by atoms with Crippen LogP contribution in [0.3, 0.4) is 0 Å². The Balaban J connectivity index is 1.40. The lowest BCUT2D eigenvalue weighted by Gasteiger charge is -2.30. The molecule has 1 fully saturated rings. The summed E-state index contributed by atoms with van der Waals surface area (Å²) >= 11 is 0. The molecule has 17 heteroatoms. The molecular weight excluding hydrogens is 678 g/mol. The van der Waals surface area contributed by atoms with Gasteiger partial charge in [-0.05, 0) is 73.7 Å². The Bertz CT molecular complexity index is 1980. The Morgan fingerprint density at radius 2 is 1.84 bits per heavy atom. The Morgan fingerprint density at radius 3 is 2.52 bits per heavy atom. The summed E-state index contributed by atoms with van der Waals surface area (Å²) in [5.74, 6) is -3.56. The fourth-order valence-corrected chi connectivity index (χ4v) is 5.69. The minimum atomic E-state index is -3.97. The number of alkyl halides is 6. The third-order valence-electron chi connectivity index (χ3n) is 8.02. The van der Waals surface area contributed by atoms with E-state index < -0.39 is 68.0 Å². The Labute approximate surface area is 279 Å². The summed E-state index contributed by atoms with van der Waals surface area (Å²) in [6, 6.07) is 8.86. The third-order valence-corrected chi connectivity index (χ3v) is 8.02. The topological polar surface area (TPSA) is 155 Å². The molecule has 2 aliphatic rings. The van der Waals surface area contributed by atoms with E-state index in [4.69, 9.17) is 10.5 Å². The zero-order valence-corrected chi connectivity index (χ0v) is 26.0. The predicted octanol–water partition coefficient (Wildman–Crippen LogP) is 5.23. The van der Waals surface area contributed by atoms with Crippen molar-refractivity contribution in [3.05, 3.63) is 71.0 Å². The van der Waals surface area contributed by atoms with Crippen molar-refractivity contribution in [2.45, 2.75) is 51.1 Å². The number of halogens is 6. The predicted molar refractivity (Wildman–Crippen MR) is 162 cm³/mol. The molecule has 0 spiro atoms. The average Bonchev–Trinajstić information content (AvgIpc) is 3.84. The monoisotopic (exact) mass is 706 g/mol. The van der Waals surface area contributed by atoms with E-state index in [1.165, 1.54) is 24.4 Å². The van der Waals surface area contributed by atoms with Gasteiger partial charge in [-0.25, -0.2) is 13.8 Å². The highest BCUT2D eigenvalue weighted by Crippen LogP contribution is 2.48. The van der Waals surface area contributed by atoms with Crippen LogP contribution in [0.25, 0.3) is 22.2 Å². The quantitative estimate of drug-likeness (QED) is 0.159. The first-order valence-corrected chi connectivity index (χ1v) is 15.1. The van der Waals surface area contributed by atoms with Gasteiger partial charge in [-0.1, -0.05) is 0 Å². The number of hydrogen-bond donors (Lipinski definition) is 3. The van der Waals surface area contributed by atoms with E-state index in [0.29, 0.717) is 23.8 Å². The number of primary amides is 1. The molecule has 2 amide bonds. The summed E-state index contributed by atoms with van der Waals surface area (Å²) in [7, 11) is 0. The smallest absolute Gasteiger partial charge is 0.485 e. The molecule has 0 unspecified atom stereocenters. The van der Waals surface area contributed by atoms with Gasteiger partial charge in [0, 0.05) is 28.3 Å². The van der Waals surface area contributed by atoms with Crippen LogP contribution in [-0.4, -0.2) is 59.4 Å². The molecule has 1 atom stereocenters. The maximum absolute atomic E-state index is 13.8. The van der Waals surface area contributed by atoms with Gasteiger partial charge in [-0.2, -0.15) is 8.78 Å². The lowest BCUT2D eigenvalue weighted by molar-refractivity contribution is -0.286. The summed E-state index contributed by atoms with van der Waals surface area (Å²) in [4.78, 5) is 34.2. The molecule has 1 aliphatic carbocycles. The number of carbonyl (C=O) groups excluding carboxylic acids is 2. The number of aliphatic hydroxyl groups is 1. The number of carbonyl (C=O) groups is 2. The average molecular weight is 707 g/mol. The van der Waals surface area contributed by atoms with Crippen LogP contribution < -0.4 is 30.0 Å². The van der Waals surface area contributed by atoms with Gasteiger partial charge in [-0.15, -0.1) is 8.78 Å². The normalized spacial score (nSPS) is 16.0. The summed E-state index contributed by atoms with van der Waals surface area (Å²) in [5.41, 5.74) is 3.82. The minimum Gasteiger partial charge on any atom is -0.485 e. The second-order valence-corrected chi connectivity index (χ2v) is 11.8. The van der Waals surface area contributed by atoms with Crippen LogP contribution >= 0.6 is 0 Å². The lowest BCUT2D eigenvalue weighted by Crippen LogP contribution is -2.43. The van der Waals surface area contributed by atoms with Crippen LogP contribution in [0.5, 0.6) is 23.0 Å². The van der Waals surface area contributed by atoms with Gasteiger partial charge in [0.25, 0.3) is 12.3 Å². The van der Waals surface area contributed by atoms with Crippen LogP contribution in [0.1, 0.15) is 40.0 Å². The summed E-state index contributed by atoms with van der Waals surface area (Å²) in [6.07, 6.45) is -5.09. The summed E-state index contributed by atoms with van der Waals surface area (Å²) in [5, 5.41) is 15.1. The van der Waals surface area contributed by atoms with Crippen molar-refractivity contribution in [3.63, 3.8) is 0 Å². The van der Waals surface area contributed by atoms with Gasteiger partial charge >= 0.3 is 12.9 Å². The molecule has 0 radical (unpaired) electrons. The molecule has 0 bridgehead atoms. The van der Waals surface area contributed by atoms with E-state index in [-0.39, 0.29) is 50.8 Å². The van der Waals surface area contributed by atoms with Gasteiger partial charge < -0.3 is 35.1 Å². The van der Waals surface area contributed by atoms with E-state index in [0.717, 1.165) is 18.2 Å². The van der Waals surface area contributed by atoms with Crippen LogP contribution in [-0.2, 0) is 16.8 Å². The highest BCUT2D eigenvalue weighted by Gasteiger charge is 2.48. The molecule has 4 N–H and O–H groups in total. The zero-order valence-electron chi connectivity index (χ0n) is 26.0. The highest BCUT2D eigenvalue weighted by atomic mass is 19.3. The number of rotatable bonds is 13. The maximum atomic E-state index is 13.8. The molecule has 264 valence electrons. The fraction of sp³-hybridized carbons (Fsp3) is 0.333. The molecule has 2 aromatic carbocycles. The molecule has 0 saturated heterocycles. The van der Waals surface area contributed by atoms with E-state index in [2.05, 4.69) is 29.5 Å². The van der Waals surface area contributed by atoms with Gasteiger partial charge in [0.05, 0.1) is 18.7 Å². The number of ether oxygens (including phenoxy) is 4. The Hall–Kier alpha value is -5.32. The molecular formula is C33H28F6N4O7. The van der Waals surface area contributed by atoms with Crippen LogP contribution in [0, 0.1) is 12.8 Å². The van der Waals surface area contributed by atoms with Crippen molar-refractivity contribution in [2.24, 2.45) is 11.7 Å². The second kappa shape index (κ2) is 13.2. The molecule has 3 heterocycles.